The maximum atomic E-state index is 13.4. The Kier molecular flexibility index (Phi) is 3.34. The molecule has 0 atom stereocenters. The van der Waals surface area contributed by atoms with E-state index in [1.54, 1.807) is 12.1 Å². The van der Waals surface area contributed by atoms with Crippen molar-refractivity contribution in [3.05, 3.63) is 46.7 Å². The van der Waals surface area contributed by atoms with Crippen LogP contribution >= 0.6 is 15.9 Å². The average molecular weight is 350 g/mol. The van der Waals surface area contributed by atoms with E-state index in [4.69, 9.17) is 10.3 Å². The Balaban J connectivity index is 2.01. The van der Waals surface area contributed by atoms with Crippen molar-refractivity contribution in [2.45, 2.75) is 0 Å². The SMILES string of the molecule is Nc1cc(-c2nc(-c3cc(F)cc(Br)c3)no2)ccc1O. The number of rotatable bonds is 2. The molecule has 106 valence electrons. The van der Waals surface area contributed by atoms with Crippen molar-refractivity contribution < 1.29 is 14.0 Å². The molecule has 0 saturated carbocycles. The molecule has 3 N–H and O–H groups in total. The van der Waals surface area contributed by atoms with Gasteiger partial charge in [-0.3, -0.25) is 0 Å². The number of aromatic nitrogens is 2. The van der Waals surface area contributed by atoms with Gasteiger partial charge in [0.2, 0.25) is 5.82 Å². The van der Waals surface area contributed by atoms with E-state index in [1.165, 1.54) is 24.3 Å². The monoisotopic (exact) mass is 349 g/mol. The number of nitrogen functional groups attached to an aromatic ring is 1. The molecule has 1 aromatic heterocycles. The molecule has 0 aliphatic rings. The Morgan fingerprint density at radius 2 is 1.95 bits per heavy atom. The molecular weight excluding hydrogens is 341 g/mol. The molecule has 21 heavy (non-hydrogen) atoms. The second-order valence-electron chi connectivity index (χ2n) is 4.35. The standard InChI is InChI=1S/C14H9BrFN3O2/c15-9-3-8(4-10(16)6-9)13-18-14(21-19-13)7-1-2-12(20)11(17)5-7/h1-6,20H,17H2. The number of nitrogens with two attached hydrogens (primary N) is 1. The number of phenols is 1. The van der Waals surface area contributed by atoms with Gasteiger partial charge in [0.15, 0.2) is 0 Å². The lowest BCUT2D eigenvalue weighted by atomic mass is 10.2. The van der Waals surface area contributed by atoms with Gasteiger partial charge in [-0.15, -0.1) is 0 Å². The highest BCUT2D eigenvalue weighted by molar-refractivity contribution is 9.10. The minimum atomic E-state index is -0.403. The van der Waals surface area contributed by atoms with Crippen LogP contribution in [-0.4, -0.2) is 15.2 Å². The smallest absolute Gasteiger partial charge is 0.258 e. The van der Waals surface area contributed by atoms with Gasteiger partial charge in [-0.1, -0.05) is 21.1 Å². The van der Waals surface area contributed by atoms with E-state index in [2.05, 4.69) is 26.1 Å². The van der Waals surface area contributed by atoms with Crippen molar-refractivity contribution in [3.63, 3.8) is 0 Å². The number of nitrogens with zero attached hydrogens (tertiary/aromatic N) is 2. The van der Waals surface area contributed by atoms with Gasteiger partial charge in [0, 0.05) is 15.6 Å². The molecule has 0 radical (unpaired) electrons. The summed E-state index contributed by atoms with van der Waals surface area (Å²) in [6, 6.07) is 8.89. The normalized spacial score (nSPS) is 10.8. The third-order valence-electron chi connectivity index (χ3n) is 2.82. The van der Waals surface area contributed by atoms with Crippen molar-refractivity contribution >= 4 is 21.6 Å². The molecule has 0 bridgehead atoms. The zero-order chi connectivity index (χ0) is 15.0. The van der Waals surface area contributed by atoms with E-state index < -0.39 is 5.82 Å². The Morgan fingerprint density at radius 1 is 1.14 bits per heavy atom. The van der Waals surface area contributed by atoms with Crippen LogP contribution in [0.15, 0.2) is 45.4 Å². The highest BCUT2D eigenvalue weighted by atomic mass is 79.9. The Labute approximate surface area is 127 Å². The molecule has 0 unspecified atom stereocenters. The van der Waals surface area contributed by atoms with Crippen LogP contribution in [0.2, 0.25) is 0 Å². The summed E-state index contributed by atoms with van der Waals surface area (Å²) in [5, 5.41) is 13.2. The molecule has 1 heterocycles. The first kappa shape index (κ1) is 13.6. The Hall–Kier alpha value is -2.41. The molecule has 7 heteroatoms. The van der Waals surface area contributed by atoms with Gasteiger partial charge in [-0.05, 0) is 36.4 Å². The summed E-state index contributed by atoms with van der Waals surface area (Å²) in [6.45, 7) is 0. The number of benzene rings is 2. The molecule has 0 fully saturated rings. The number of hydrogen-bond donors (Lipinski definition) is 2. The Morgan fingerprint density at radius 3 is 2.67 bits per heavy atom. The second kappa shape index (κ2) is 5.17. The van der Waals surface area contributed by atoms with E-state index in [-0.39, 0.29) is 23.2 Å². The van der Waals surface area contributed by atoms with Crippen molar-refractivity contribution in [1.82, 2.24) is 10.1 Å². The maximum Gasteiger partial charge on any atom is 0.258 e. The fourth-order valence-electron chi connectivity index (χ4n) is 1.83. The van der Waals surface area contributed by atoms with Gasteiger partial charge in [0.25, 0.3) is 5.89 Å². The number of phenolic OH excluding ortho intramolecular Hbond substituents is 1. The van der Waals surface area contributed by atoms with E-state index in [0.29, 0.717) is 15.6 Å². The lowest BCUT2D eigenvalue weighted by Gasteiger charge is -1.99. The van der Waals surface area contributed by atoms with Crippen molar-refractivity contribution in [2.75, 3.05) is 5.73 Å². The van der Waals surface area contributed by atoms with E-state index in [9.17, 15) is 9.50 Å². The van der Waals surface area contributed by atoms with Gasteiger partial charge in [0.1, 0.15) is 11.6 Å². The van der Waals surface area contributed by atoms with E-state index in [0.717, 1.165) is 0 Å². The van der Waals surface area contributed by atoms with Gasteiger partial charge < -0.3 is 15.4 Å². The lowest BCUT2D eigenvalue weighted by molar-refractivity contribution is 0.432. The van der Waals surface area contributed by atoms with Crippen molar-refractivity contribution in [1.29, 1.82) is 0 Å². The van der Waals surface area contributed by atoms with Crippen LogP contribution in [0.25, 0.3) is 22.8 Å². The topological polar surface area (TPSA) is 85.2 Å². The molecule has 5 nitrogen and oxygen atoms in total. The fraction of sp³-hybridized carbons (Fsp3) is 0. The van der Waals surface area contributed by atoms with Gasteiger partial charge >= 0.3 is 0 Å². The third-order valence-corrected chi connectivity index (χ3v) is 3.28. The van der Waals surface area contributed by atoms with Crippen LogP contribution < -0.4 is 5.73 Å². The number of aromatic hydroxyl groups is 1. The van der Waals surface area contributed by atoms with Crippen molar-refractivity contribution in [3.8, 4) is 28.6 Å². The molecule has 0 aliphatic heterocycles. The Bertz CT molecular complexity index is 799. The maximum absolute atomic E-state index is 13.4. The molecule has 0 saturated heterocycles. The first-order chi connectivity index (χ1) is 10.0. The second-order valence-corrected chi connectivity index (χ2v) is 5.27. The number of hydrogen-bond acceptors (Lipinski definition) is 5. The summed E-state index contributed by atoms with van der Waals surface area (Å²) in [6.07, 6.45) is 0. The predicted octanol–water partition coefficient (Wildman–Crippen LogP) is 3.59. The highest BCUT2D eigenvalue weighted by Gasteiger charge is 2.13. The molecule has 0 amide bonds. The zero-order valence-corrected chi connectivity index (χ0v) is 12.1. The average Bonchev–Trinajstić information content (AvgIpc) is 2.90. The van der Waals surface area contributed by atoms with Crippen LogP contribution in [0.1, 0.15) is 0 Å². The molecule has 0 aliphatic carbocycles. The third kappa shape index (κ3) is 2.73. The number of anilines is 1. The van der Waals surface area contributed by atoms with Crippen LogP contribution in [0, 0.1) is 5.82 Å². The molecule has 3 aromatic rings. The first-order valence-corrected chi connectivity index (χ1v) is 6.71. The van der Waals surface area contributed by atoms with Crippen LogP contribution in [0.4, 0.5) is 10.1 Å². The summed E-state index contributed by atoms with van der Waals surface area (Å²) in [5.41, 5.74) is 6.89. The first-order valence-electron chi connectivity index (χ1n) is 5.92. The zero-order valence-electron chi connectivity index (χ0n) is 10.5. The minimum Gasteiger partial charge on any atom is -0.506 e. The molecular formula is C14H9BrFN3O2. The minimum absolute atomic E-state index is 0.0208. The van der Waals surface area contributed by atoms with Gasteiger partial charge in [0.05, 0.1) is 5.69 Å². The highest BCUT2D eigenvalue weighted by Crippen LogP contribution is 2.29. The van der Waals surface area contributed by atoms with Gasteiger partial charge in [-0.2, -0.15) is 4.98 Å². The fourth-order valence-corrected chi connectivity index (χ4v) is 2.29. The molecule has 0 spiro atoms. The summed E-state index contributed by atoms with van der Waals surface area (Å²) in [7, 11) is 0. The van der Waals surface area contributed by atoms with Crippen LogP contribution in [0.3, 0.4) is 0 Å². The summed E-state index contributed by atoms with van der Waals surface area (Å²) >= 11 is 3.21. The predicted molar refractivity (Wildman–Crippen MR) is 78.9 cm³/mol. The summed E-state index contributed by atoms with van der Waals surface area (Å²) < 4.78 is 19.1. The van der Waals surface area contributed by atoms with Gasteiger partial charge in [-0.25, -0.2) is 4.39 Å². The van der Waals surface area contributed by atoms with Crippen LogP contribution in [-0.2, 0) is 0 Å². The largest absolute Gasteiger partial charge is 0.506 e. The van der Waals surface area contributed by atoms with E-state index in [1.807, 2.05) is 0 Å². The lowest BCUT2D eigenvalue weighted by Crippen LogP contribution is -1.87. The van der Waals surface area contributed by atoms with E-state index >= 15 is 0 Å². The number of halogens is 2. The van der Waals surface area contributed by atoms with Crippen molar-refractivity contribution in [2.24, 2.45) is 0 Å². The molecule has 2 aromatic carbocycles. The summed E-state index contributed by atoms with van der Waals surface area (Å²) in [4.78, 5) is 4.20. The van der Waals surface area contributed by atoms with Crippen LogP contribution in [0.5, 0.6) is 5.75 Å². The summed E-state index contributed by atoms with van der Waals surface area (Å²) in [5.74, 6) is 0.0704. The molecule has 3 rings (SSSR count). The quantitative estimate of drug-likeness (QED) is 0.545.